The maximum absolute atomic E-state index is 14.6. The van der Waals surface area contributed by atoms with E-state index in [1.54, 1.807) is 6.92 Å². The largest absolute Gasteiger partial charge is 0.454 e. The van der Waals surface area contributed by atoms with Crippen molar-refractivity contribution in [1.29, 1.82) is 0 Å². The summed E-state index contributed by atoms with van der Waals surface area (Å²) in [5, 5.41) is 0.0548. The molecule has 2 N–H and O–H groups in total. The Morgan fingerprint density at radius 1 is 1.54 bits per heavy atom. The molecule has 1 saturated heterocycles. The molecule has 3 heterocycles. The Labute approximate surface area is 142 Å². The van der Waals surface area contributed by atoms with Crippen LogP contribution in [0.5, 0.6) is 0 Å². The number of ether oxygens (including phenoxy) is 2. The number of anilines is 2. The lowest BCUT2D eigenvalue weighted by atomic mass is 10.1. The van der Waals surface area contributed by atoms with E-state index >= 15 is 0 Å². The van der Waals surface area contributed by atoms with Crippen molar-refractivity contribution in [3.63, 3.8) is 0 Å². The zero-order valence-electron chi connectivity index (χ0n) is 13.0. The Morgan fingerprint density at radius 3 is 2.88 bits per heavy atom. The van der Waals surface area contributed by atoms with E-state index in [0.29, 0.717) is 12.0 Å². The number of hydrogen-bond acceptors (Lipinski definition) is 7. The fourth-order valence-electron chi connectivity index (χ4n) is 2.97. The Hall–Kier alpha value is -2.00. The molecule has 130 valence electrons. The predicted molar refractivity (Wildman–Crippen MR) is 82.0 cm³/mol. The Balaban J connectivity index is 2.01. The number of alkyl halides is 1. The van der Waals surface area contributed by atoms with Crippen LogP contribution < -0.4 is 10.6 Å². The molecule has 0 aliphatic carbocycles. The molecule has 10 heteroatoms. The average molecular weight is 359 g/mol. The highest BCUT2D eigenvalue weighted by Gasteiger charge is 2.53. The van der Waals surface area contributed by atoms with Crippen molar-refractivity contribution in [2.45, 2.75) is 51.3 Å². The van der Waals surface area contributed by atoms with Crippen LogP contribution in [0.15, 0.2) is 0 Å². The second kappa shape index (κ2) is 6.14. The number of nitrogens with zero attached hydrogens (tertiary/aromatic N) is 3. The van der Waals surface area contributed by atoms with E-state index in [2.05, 4.69) is 9.97 Å². The third-order valence-corrected chi connectivity index (χ3v) is 4.31. The Morgan fingerprint density at radius 2 is 2.25 bits per heavy atom. The number of carbonyl (C=O) groups is 2. The summed E-state index contributed by atoms with van der Waals surface area (Å²) in [6.07, 6.45) is -4.45. The first-order valence-electron chi connectivity index (χ1n) is 7.44. The third-order valence-electron chi connectivity index (χ3n) is 4.00. The van der Waals surface area contributed by atoms with Crippen LogP contribution in [0.1, 0.15) is 25.8 Å². The summed E-state index contributed by atoms with van der Waals surface area (Å²) in [6.45, 7) is 2.90. The molecule has 4 atom stereocenters. The topological polar surface area (TPSA) is 108 Å². The molecule has 1 amide bonds. The molecule has 8 nitrogen and oxygen atoms in total. The summed E-state index contributed by atoms with van der Waals surface area (Å²) in [4.78, 5) is 32.7. The molecule has 3 rings (SSSR count). The number of aromatic nitrogens is 2. The number of rotatable bonds is 3. The van der Waals surface area contributed by atoms with Gasteiger partial charge in [0.2, 0.25) is 11.9 Å². The van der Waals surface area contributed by atoms with Crippen molar-refractivity contribution in [2.75, 3.05) is 10.6 Å². The van der Waals surface area contributed by atoms with E-state index in [4.69, 9.17) is 26.8 Å². The van der Waals surface area contributed by atoms with Gasteiger partial charge >= 0.3 is 5.97 Å². The van der Waals surface area contributed by atoms with Gasteiger partial charge in [-0.2, -0.15) is 4.98 Å². The van der Waals surface area contributed by atoms with E-state index in [9.17, 15) is 14.0 Å². The summed E-state index contributed by atoms with van der Waals surface area (Å²) in [7, 11) is 0. The van der Waals surface area contributed by atoms with Gasteiger partial charge in [-0.25, -0.2) is 9.37 Å². The van der Waals surface area contributed by atoms with Crippen molar-refractivity contribution < 1.29 is 23.5 Å². The first kappa shape index (κ1) is 16.8. The van der Waals surface area contributed by atoms with Crippen LogP contribution in [0.3, 0.4) is 0 Å². The minimum Gasteiger partial charge on any atom is -0.454 e. The Bertz CT molecular complexity index is 704. The molecular weight excluding hydrogens is 343 g/mol. The summed E-state index contributed by atoms with van der Waals surface area (Å²) >= 11 is 6.01. The van der Waals surface area contributed by atoms with Gasteiger partial charge in [0.25, 0.3) is 0 Å². The van der Waals surface area contributed by atoms with Gasteiger partial charge in [-0.1, -0.05) is 18.5 Å². The van der Waals surface area contributed by atoms with E-state index in [1.807, 2.05) is 0 Å². The van der Waals surface area contributed by atoms with Gasteiger partial charge in [-0.3, -0.25) is 14.5 Å². The third kappa shape index (κ3) is 2.67. The van der Waals surface area contributed by atoms with E-state index in [-0.39, 0.29) is 23.3 Å². The van der Waals surface area contributed by atoms with Crippen LogP contribution in [0.2, 0.25) is 5.15 Å². The van der Waals surface area contributed by atoms with Crippen molar-refractivity contribution in [1.82, 2.24) is 9.97 Å². The Kier molecular flexibility index (Phi) is 4.31. The van der Waals surface area contributed by atoms with Gasteiger partial charge < -0.3 is 15.2 Å². The van der Waals surface area contributed by atoms with Crippen molar-refractivity contribution in [2.24, 2.45) is 0 Å². The van der Waals surface area contributed by atoms with Crippen molar-refractivity contribution >= 4 is 35.2 Å². The number of esters is 1. The van der Waals surface area contributed by atoms with Gasteiger partial charge in [-0.05, 0) is 6.42 Å². The first-order valence-corrected chi connectivity index (χ1v) is 7.82. The van der Waals surface area contributed by atoms with Crippen molar-refractivity contribution in [3.05, 3.63) is 10.7 Å². The monoisotopic (exact) mass is 358 g/mol. The summed E-state index contributed by atoms with van der Waals surface area (Å²) in [6, 6.07) is 0. The van der Waals surface area contributed by atoms with Crippen LogP contribution in [-0.2, 0) is 25.5 Å². The number of nitrogens with two attached hydrogens (primary N) is 1. The zero-order chi connectivity index (χ0) is 17.6. The first-order chi connectivity index (χ1) is 11.3. The number of fused-ring (bicyclic) bond motifs is 1. The highest BCUT2D eigenvalue weighted by Crippen LogP contribution is 2.39. The fourth-order valence-corrected chi connectivity index (χ4v) is 3.21. The van der Waals surface area contributed by atoms with Crippen LogP contribution in [0.25, 0.3) is 0 Å². The van der Waals surface area contributed by atoms with Crippen LogP contribution in [0, 0.1) is 0 Å². The predicted octanol–water partition coefficient (Wildman–Crippen LogP) is 1.01. The molecule has 0 spiro atoms. The fraction of sp³-hybridized carbons (Fsp3) is 0.571. The molecule has 1 fully saturated rings. The minimum absolute atomic E-state index is 0.0548. The van der Waals surface area contributed by atoms with Gasteiger partial charge in [0.05, 0.1) is 12.5 Å². The average Bonchev–Trinajstić information content (AvgIpc) is 2.97. The van der Waals surface area contributed by atoms with E-state index < -0.39 is 36.5 Å². The zero-order valence-corrected chi connectivity index (χ0v) is 13.8. The van der Waals surface area contributed by atoms with E-state index in [0.717, 1.165) is 4.90 Å². The second-order valence-electron chi connectivity index (χ2n) is 5.61. The molecular formula is C14H16ClFN4O4. The smallest absolute Gasteiger partial charge is 0.303 e. The van der Waals surface area contributed by atoms with Gasteiger partial charge in [0.15, 0.2) is 18.5 Å². The van der Waals surface area contributed by atoms with E-state index in [1.165, 1.54) is 6.92 Å². The lowest BCUT2D eigenvalue weighted by molar-refractivity contribution is -0.152. The molecule has 1 aromatic rings. The normalized spacial score (nSPS) is 29.0. The van der Waals surface area contributed by atoms with Gasteiger partial charge in [-0.15, -0.1) is 0 Å². The maximum atomic E-state index is 14.6. The standard InChI is InChI=1S/C14H16ClFN4O4/c1-3-7-9(16)10(23-5(2)21)13(24-7)20-8(22)4-6-11(15)18-14(17)19-12(6)20/h7,9-10,13H,3-4H2,1-2H3,(H2,17,18,19)/t7-,9-,10-,13-/m1/s1. The molecule has 1 aromatic heterocycles. The number of amides is 1. The van der Waals surface area contributed by atoms with Gasteiger partial charge in [0, 0.05) is 12.5 Å². The number of halogens is 2. The molecule has 0 bridgehead atoms. The highest BCUT2D eigenvalue weighted by atomic mass is 35.5. The SMILES string of the molecule is CC[C@H]1O[C@@H](N2C(=O)Cc3c(Cl)nc(N)nc32)[C@H](OC(C)=O)[C@@H]1F. The highest BCUT2D eigenvalue weighted by molar-refractivity contribution is 6.31. The van der Waals surface area contributed by atoms with Crippen LogP contribution in [0.4, 0.5) is 16.2 Å². The summed E-state index contributed by atoms with van der Waals surface area (Å²) in [5.74, 6) is -1.04. The number of carbonyl (C=O) groups excluding carboxylic acids is 2. The minimum atomic E-state index is -1.56. The second-order valence-corrected chi connectivity index (χ2v) is 5.97. The summed E-state index contributed by atoms with van der Waals surface area (Å²) < 4.78 is 25.3. The molecule has 0 aromatic carbocycles. The molecule has 2 aliphatic rings. The number of hydrogen-bond donors (Lipinski definition) is 1. The maximum Gasteiger partial charge on any atom is 0.303 e. The molecule has 0 unspecified atom stereocenters. The van der Waals surface area contributed by atoms with Crippen LogP contribution in [-0.4, -0.2) is 46.5 Å². The molecule has 24 heavy (non-hydrogen) atoms. The lowest BCUT2D eigenvalue weighted by Gasteiger charge is -2.27. The molecule has 0 saturated carbocycles. The summed E-state index contributed by atoms with van der Waals surface area (Å²) in [5.41, 5.74) is 5.97. The molecule has 2 aliphatic heterocycles. The van der Waals surface area contributed by atoms with Crippen LogP contribution >= 0.6 is 11.6 Å². The molecule has 0 radical (unpaired) electrons. The lowest BCUT2D eigenvalue weighted by Crippen LogP contribution is -2.47. The van der Waals surface area contributed by atoms with Crippen molar-refractivity contribution in [3.8, 4) is 0 Å². The quantitative estimate of drug-likeness (QED) is 0.634. The van der Waals surface area contributed by atoms with Gasteiger partial charge in [0.1, 0.15) is 11.0 Å². The number of nitrogen functional groups attached to an aromatic ring is 1.